The highest BCUT2D eigenvalue weighted by atomic mass is 32.2. The average Bonchev–Trinajstić information content (AvgIpc) is 2.85. The maximum absolute atomic E-state index is 11.4. The van der Waals surface area contributed by atoms with Gasteiger partial charge in [0.15, 0.2) is 12.1 Å². The summed E-state index contributed by atoms with van der Waals surface area (Å²) in [7, 11) is -1.95. The van der Waals surface area contributed by atoms with E-state index in [4.69, 9.17) is 0 Å². The number of sulfonamides is 1. The Bertz CT molecular complexity index is 708. The Kier molecular flexibility index (Phi) is 3.34. The van der Waals surface area contributed by atoms with Crippen LogP contribution in [0, 0.1) is 0 Å². The molecule has 0 N–H and O–H groups in total. The molecule has 2 heterocycles. The molecular formula is C11H12N4O3S. The van der Waals surface area contributed by atoms with E-state index in [1.54, 1.807) is 18.2 Å². The third-order valence-corrected chi connectivity index (χ3v) is 3.70. The number of pyridine rings is 1. The second kappa shape index (κ2) is 4.81. The average molecular weight is 280 g/mol. The molecule has 0 aromatic carbocycles. The van der Waals surface area contributed by atoms with Crippen LogP contribution < -0.4 is 4.31 Å². The summed E-state index contributed by atoms with van der Waals surface area (Å²) in [5.41, 5.74) is 0.420. The van der Waals surface area contributed by atoms with Crippen LogP contribution in [0.2, 0.25) is 0 Å². The lowest BCUT2D eigenvalue weighted by Crippen LogP contribution is -2.26. The second-order valence-electron chi connectivity index (χ2n) is 3.92. The SMILES string of the molecule is CN(c1cccc(-n2cc(C=O)cn2)n1)S(C)(=O)=O. The number of nitrogens with zero attached hydrogens (tertiary/aromatic N) is 4. The molecule has 0 radical (unpaired) electrons. The largest absolute Gasteiger partial charge is 0.298 e. The molecule has 8 heteroatoms. The van der Waals surface area contributed by atoms with Crippen molar-refractivity contribution >= 4 is 22.1 Å². The molecule has 0 aliphatic heterocycles. The quantitative estimate of drug-likeness (QED) is 0.760. The van der Waals surface area contributed by atoms with Gasteiger partial charge in [-0.3, -0.25) is 9.10 Å². The van der Waals surface area contributed by atoms with E-state index in [2.05, 4.69) is 10.1 Å². The third kappa shape index (κ3) is 2.79. The molecule has 2 rings (SSSR count). The van der Waals surface area contributed by atoms with Crippen LogP contribution in [-0.4, -0.2) is 42.8 Å². The molecule has 0 atom stereocenters. The fourth-order valence-electron chi connectivity index (χ4n) is 1.41. The fourth-order valence-corrected chi connectivity index (χ4v) is 1.85. The maximum atomic E-state index is 11.4. The molecule has 2 aromatic heterocycles. The Morgan fingerprint density at radius 3 is 2.68 bits per heavy atom. The Morgan fingerprint density at radius 2 is 2.11 bits per heavy atom. The van der Waals surface area contributed by atoms with E-state index in [-0.39, 0.29) is 5.82 Å². The number of anilines is 1. The highest BCUT2D eigenvalue weighted by Crippen LogP contribution is 2.14. The number of hydrogen-bond donors (Lipinski definition) is 0. The third-order valence-electron chi connectivity index (χ3n) is 2.51. The van der Waals surface area contributed by atoms with Gasteiger partial charge in [-0.25, -0.2) is 18.1 Å². The Labute approximate surface area is 110 Å². The van der Waals surface area contributed by atoms with E-state index in [1.807, 2.05) is 0 Å². The molecule has 0 spiro atoms. The Morgan fingerprint density at radius 1 is 1.37 bits per heavy atom. The molecule has 100 valence electrons. The molecule has 0 amide bonds. The molecule has 0 saturated carbocycles. The van der Waals surface area contributed by atoms with E-state index in [1.165, 1.54) is 24.1 Å². The fraction of sp³-hybridized carbons (Fsp3) is 0.182. The smallest absolute Gasteiger partial charge is 0.233 e. The molecule has 0 fully saturated rings. The zero-order chi connectivity index (χ0) is 14.0. The van der Waals surface area contributed by atoms with Crippen LogP contribution in [0.5, 0.6) is 0 Å². The second-order valence-corrected chi connectivity index (χ2v) is 5.93. The van der Waals surface area contributed by atoms with Crippen molar-refractivity contribution in [1.29, 1.82) is 0 Å². The summed E-state index contributed by atoms with van der Waals surface area (Å²) >= 11 is 0. The van der Waals surface area contributed by atoms with Gasteiger partial charge >= 0.3 is 0 Å². The van der Waals surface area contributed by atoms with Crippen molar-refractivity contribution in [3.05, 3.63) is 36.2 Å². The van der Waals surface area contributed by atoms with Crippen molar-refractivity contribution in [2.45, 2.75) is 0 Å². The summed E-state index contributed by atoms with van der Waals surface area (Å²) in [6.07, 6.45) is 4.69. The van der Waals surface area contributed by atoms with Crippen molar-refractivity contribution in [3.63, 3.8) is 0 Å². The summed E-state index contributed by atoms with van der Waals surface area (Å²) in [6.45, 7) is 0. The Balaban J connectivity index is 2.42. The lowest BCUT2D eigenvalue weighted by Gasteiger charge is -2.15. The minimum atomic E-state index is -3.37. The van der Waals surface area contributed by atoms with Crippen LogP contribution in [0.15, 0.2) is 30.6 Å². The summed E-state index contributed by atoms with van der Waals surface area (Å²) < 4.78 is 25.4. The minimum absolute atomic E-state index is 0.281. The van der Waals surface area contributed by atoms with E-state index in [0.29, 0.717) is 17.7 Å². The van der Waals surface area contributed by atoms with Gasteiger partial charge in [-0.1, -0.05) is 6.07 Å². The first-order valence-corrected chi connectivity index (χ1v) is 7.18. The summed E-state index contributed by atoms with van der Waals surface area (Å²) in [5.74, 6) is 0.712. The van der Waals surface area contributed by atoms with Gasteiger partial charge in [0.25, 0.3) is 0 Å². The van der Waals surface area contributed by atoms with Crippen molar-refractivity contribution < 1.29 is 13.2 Å². The molecule has 0 aliphatic carbocycles. The first-order valence-electron chi connectivity index (χ1n) is 5.33. The van der Waals surface area contributed by atoms with Gasteiger partial charge in [-0.15, -0.1) is 0 Å². The van der Waals surface area contributed by atoms with Crippen molar-refractivity contribution in [2.24, 2.45) is 0 Å². The molecule has 0 aliphatic rings. The van der Waals surface area contributed by atoms with Gasteiger partial charge in [0.2, 0.25) is 10.0 Å². The number of hydrogen-bond acceptors (Lipinski definition) is 5. The predicted molar refractivity (Wildman–Crippen MR) is 70.0 cm³/mol. The van der Waals surface area contributed by atoms with E-state index >= 15 is 0 Å². The van der Waals surface area contributed by atoms with Crippen LogP contribution >= 0.6 is 0 Å². The zero-order valence-corrected chi connectivity index (χ0v) is 11.2. The summed E-state index contributed by atoms with van der Waals surface area (Å²) in [5, 5.41) is 3.97. The van der Waals surface area contributed by atoms with E-state index in [9.17, 15) is 13.2 Å². The molecule has 2 aromatic rings. The van der Waals surface area contributed by atoms with Crippen LogP contribution in [-0.2, 0) is 10.0 Å². The van der Waals surface area contributed by atoms with Crippen molar-refractivity contribution in [2.75, 3.05) is 17.6 Å². The molecule has 0 unspecified atom stereocenters. The standard InChI is InChI=1S/C11H12N4O3S/c1-14(19(2,17)18)10-4-3-5-11(13-10)15-7-9(8-16)6-12-15/h3-8H,1-2H3. The van der Waals surface area contributed by atoms with Gasteiger partial charge in [0, 0.05) is 13.2 Å². The molecule has 19 heavy (non-hydrogen) atoms. The summed E-state index contributed by atoms with van der Waals surface area (Å²) in [6, 6.07) is 4.91. The van der Waals surface area contributed by atoms with E-state index in [0.717, 1.165) is 10.6 Å². The molecule has 0 saturated heterocycles. The summed E-state index contributed by atoms with van der Waals surface area (Å²) in [4.78, 5) is 14.8. The predicted octanol–water partition coefficient (Wildman–Crippen LogP) is 0.476. The highest BCUT2D eigenvalue weighted by molar-refractivity contribution is 7.92. The lowest BCUT2D eigenvalue weighted by atomic mass is 10.4. The van der Waals surface area contributed by atoms with Crippen LogP contribution in [0.3, 0.4) is 0 Å². The minimum Gasteiger partial charge on any atom is -0.298 e. The van der Waals surface area contributed by atoms with Crippen molar-refractivity contribution in [1.82, 2.24) is 14.8 Å². The monoisotopic (exact) mass is 280 g/mol. The number of aldehydes is 1. The van der Waals surface area contributed by atoms with Gasteiger partial charge in [-0.2, -0.15) is 5.10 Å². The number of aromatic nitrogens is 3. The molecule has 0 bridgehead atoms. The van der Waals surface area contributed by atoms with Crippen LogP contribution in [0.4, 0.5) is 5.82 Å². The first-order chi connectivity index (χ1) is 8.91. The topological polar surface area (TPSA) is 85.2 Å². The van der Waals surface area contributed by atoms with E-state index < -0.39 is 10.0 Å². The first kappa shape index (κ1) is 13.2. The molecular weight excluding hydrogens is 268 g/mol. The molecule has 7 nitrogen and oxygen atoms in total. The van der Waals surface area contributed by atoms with Crippen molar-refractivity contribution in [3.8, 4) is 5.82 Å². The number of rotatable bonds is 4. The lowest BCUT2D eigenvalue weighted by molar-refractivity contribution is 0.112. The zero-order valence-electron chi connectivity index (χ0n) is 10.4. The van der Waals surface area contributed by atoms with Gasteiger partial charge in [-0.05, 0) is 12.1 Å². The van der Waals surface area contributed by atoms with Gasteiger partial charge < -0.3 is 0 Å². The normalized spacial score (nSPS) is 11.3. The highest BCUT2D eigenvalue weighted by Gasteiger charge is 2.14. The van der Waals surface area contributed by atoms with Gasteiger partial charge in [0.1, 0.15) is 5.82 Å². The van der Waals surface area contributed by atoms with Gasteiger partial charge in [0.05, 0.1) is 18.0 Å². The number of carbonyl (C=O) groups is 1. The maximum Gasteiger partial charge on any atom is 0.233 e. The van der Waals surface area contributed by atoms with Crippen LogP contribution in [0.25, 0.3) is 5.82 Å². The van der Waals surface area contributed by atoms with Crippen LogP contribution in [0.1, 0.15) is 10.4 Å². The number of carbonyl (C=O) groups excluding carboxylic acids is 1. The Hall–Kier alpha value is -2.22.